The molecule has 2 amide bonds. The Morgan fingerprint density at radius 1 is 0.963 bits per heavy atom. The van der Waals surface area contributed by atoms with Crippen molar-refractivity contribution in [2.45, 2.75) is 95.1 Å². The maximum Gasteiger partial charge on any atom is 0.249 e. The van der Waals surface area contributed by atoms with Crippen LogP contribution in [0.3, 0.4) is 0 Å². The Kier molecular flexibility index (Phi) is 12.1. The Hall–Kier alpha value is -4.72. The lowest BCUT2D eigenvalue weighted by molar-refractivity contribution is -0.133. The first-order chi connectivity index (χ1) is 25.8. The van der Waals surface area contributed by atoms with Crippen molar-refractivity contribution in [2.24, 2.45) is 0 Å². The second-order valence-corrected chi connectivity index (χ2v) is 17.4. The number of para-hydroxylation sites is 1. The highest BCUT2D eigenvalue weighted by Gasteiger charge is 2.28. The Bertz CT molecular complexity index is 2120. The molecule has 4 aromatic rings. The van der Waals surface area contributed by atoms with Crippen molar-refractivity contribution in [1.29, 1.82) is 0 Å². The Morgan fingerprint density at radius 3 is 2.44 bits per heavy atom. The summed E-state index contributed by atoms with van der Waals surface area (Å²) in [5, 5.41) is 11.8. The lowest BCUT2D eigenvalue weighted by atomic mass is 9.86. The van der Waals surface area contributed by atoms with Crippen LogP contribution in [0, 0.1) is 6.92 Å². The van der Waals surface area contributed by atoms with Gasteiger partial charge in [0.05, 0.1) is 33.8 Å². The molecule has 2 aliphatic rings. The third-order valence-corrected chi connectivity index (χ3v) is 12.2. The van der Waals surface area contributed by atoms with Crippen molar-refractivity contribution in [3.63, 3.8) is 0 Å². The number of aryl methyl sites for hydroxylation is 1. The molecule has 0 saturated carbocycles. The molecule has 3 aromatic carbocycles. The van der Waals surface area contributed by atoms with Crippen LogP contribution in [0.4, 0.5) is 28.8 Å². The van der Waals surface area contributed by atoms with E-state index in [4.69, 9.17) is 16.3 Å². The van der Waals surface area contributed by atoms with Crippen LogP contribution in [0.25, 0.3) is 0 Å². The number of rotatable bonds is 13. The minimum absolute atomic E-state index is 0.0778. The molecule has 0 spiro atoms. The van der Waals surface area contributed by atoms with Gasteiger partial charge in [0, 0.05) is 18.7 Å². The van der Waals surface area contributed by atoms with E-state index in [1.54, 1.807) is 38.1 Å². The van der Waals surface area contributed by atoms with Crippen molar-refractivity contribution in [2.75, 3.05) is 29.0 Å². The molecular formula is C40H48ClN7O5S. The summed E-state index contributed by atoms with van der Waals surface area (Å²) in [6.45, 7) is 12.0. The molecular weight excluding hydrogens is 726 g/mol. The highest BCUT2D eigenvalue weighted by atomic mass is 35.5. The summed E-state index contributed by atoms with van der Waals surface area (Å²) in [6.07, 6.45) is 4.20. The number of carbonyl (C=O) groups excluding carboxylic acids is 2. The van der Waals surface area contributed by atoms with Crippen LogP contribution in [0.15, 0.2) is 71.8 Å². The molecule has 0 radical (unpaired) electrons. The fourth-order valence-corrected chi connectivity index (χ4v) is 8.22. The van der Waals surface area contributed by atoms with Gasteiger partial charge in [0.1, 0.15) is 16.8 Å². The molecule has 12 nitrogen and oxygen atoms in total. The van der Waals surface area contributed by atoms with Gasteiger partial charge in [-0.1, -0.05) is 35.9 Å². The molecule has 0 aliphatic carbocycles. The molecule has 286 valence electrons. The summed E-state index contributed by atoms with van der Waals surface area (Å²) < 4.78 is 32.4. The average molecular weight is 774 g/mol. The van der Waals surface area contributed by atoms with E-state index in [1.165, 1.54) is 11.8 Å². The van der Waals surface area contributed by atoms with Crippen LogP contribution in [0.1, 0.15) is 76.0 Å². The topological polar surface area (TPSA) is 155 Å². The zero-order chi connectivity index (χ0) is 38.6. The molecule has 1 atom stereocenters. The van der Waals surface area contributed by atoms with Crippen LogP contribution in [-0.4, -0.2) is 65.6 Å². The summed E-state index contributed by atoms with van der Waals surface area (Å²) in [5.74, 6) is 1.09. The highest BCUT2D eigenvalue weighted by molar-refractivity contribution is 7.92. The Balaban J connectivity index is 1.14. The van der Waals surface area contributed by atoms with E-state index in [1.807, 2.05) is 26.0 Å². The number of nitrogens with zero attached hydrogens (tertiary/aromatic N) is 3. The standard InChI is InChI=1S/C40H48ClN7O5S/c1-24(2)53-35-21-30(28-15-17-48(18-16-28)23-27-9-8-10-29(20-27)43-33-13-14-37(49)46-39(33)50)26(5)19-34(35)45-40-42-22-31(41)38(47-40)44-32-11-6-7-12-36(32)54(51,52)25(3)4/h6-12,19-22,24-25,28,33,43H,13-18,23H2,1-5H3,(H,46,49,50)(H2,42,44,45,47). The number of hydrogen-bond donors (Lipinski definition) is 4. The number of nitrogens with one attached hydrogen (secondary N) is 4. The second kappa shape index (κ2) is 16.7. The number of anilines is 5. The molecule has 6 rings (SSSR count). The van der Waals surface area contributed by atoms with Gasteiger partial charge in [-0.2, -0.15) is 4.98 Å². The Morgan fingerprint density at radius 2 is 1.72 bits per heavy atom. The van der Waals surface area contributed by atoms with Gasteiger partial charge in [0.2, 0.25) is 17.8 Å². The fraction of sp³-hybridized carbons (Fsp3) is 0.400. The van der Waals surface area contributed by atoms with Gasteiger partial charge >= 0.3 is 0 Å². The van der Waals surface area contributed by atoms with E-state index < -0.39 is 21.1 Å². The van der Waals surface area contributed by atoms with Gasteiger partial charge in [0.15, 0.2) is 15.7 Å². The predicted octanol–water partition coefficient (Wildman–Crippen LogP) is 7.49. The molecule has 54 heavy (non-hydrogen) atoms. The number of amides is 2. The van der Waals surface area contributed by atoms with Gasteiger partial charge in [-0.05, 0) is 126 Å². The minimum atomic E-state index is -3.57. The van der Waals surface area contributed by atoms with Crippen LogP contribution >= 0.6 is 11.6 Å². The van der Waals surface area contributed by atoms with Gasteiger partial charge in [0.25, 0.3) is 0 Å². The first kappa shape index (κ1) is 39.0. The van der Waals surface area contributed by atoms with E-state index in [0.717, 1.165) is 49.3 Å². The summed E-state index contributed by atoms with van der Waals surface area (Å²) >= 11 is 6.50. The molecule has 14 heteroatoms. The number of likely N-dealkylation sites (tertiary alicyclic amines) is 1. The fourth-order valence-electron chi connectivity index (χ4n) is 6.88. The molecule has 2 fully saturated rings. The maximum atomic E-state index is 13.1. The number of carbonyl (C=O) groups is 2. The summed E-state index contributed by atoms with van der Waals surface area (Å²) in [4.78, 5) is 35.4. The van der Waals surface area contributed by atoms with E-state index in [0.29, 0.717) is 35.9 Å². The highest BCUT2D eigenvalue weighted by Crippen LogP contribution is 2.39. The molecule has 1 unspecified atom stereocenters. The summed E-state index contributed by atoms with van der Waals surface area (Å²) in [5.41, 5.74) is 5.50. The number of ether oxygens (including phenoxy) is 1. The third kappa shape index (κ3) is 9.31. The number of sulfone groups is 1. The minimum Gasteiger partial charge on any atom is -0.489 e. The largest absolute Gasteiger partial charge is 0.489 e. The lowest BCUT2D eigenvalue weighted by Gasteiger charge is -2.33. The van der Waals surface area contributed by atoms with Crippen molar-refractivity contribution >= 4 is 62.1 Å². The molecule has 1 aromatic heterocycles. The van der Waals surface area contributed by atoms with E-state index in [9.17, 15) is 18.0 Å². The third-order valence-electron chi connectivity index (χ3n) is 9.73. The van der Waals surface area contributed by atoms with Crippen molar-refractivity contribution < 1.29 is 22.7 Å². The average Bonchev–Trinajstić information content (AvgIpc) is 3.12. The van der Waals surface area contributed by atoms with Gasteiger partial charge < -0.3 is 20.7 Å². The number of imide groups is 1. The predicted molar refractivity (Wildman–Crippen MR) is 213 cm³/mol. The first-order valence-electron chi connectivity index (χ1n) is 18.4. The number of benzene rings is 3. The second-order valence-electron chi connectivity index (χ2n) is 14.5. The SMILES string of the molecule is Cc1cc(Nc2ncc(Cl)c(Nc3ccccc3S(=O)(=O)C(C)C)n2)c(OC(C)C)cc1C1CCN(Cc2cccc(NC3CCC(=O)NC3=O)c2)CC1. The number of halogens is 1. The molecule has 2 aliphatic heterocycles. The van der Waals surface area contributed by atoms with Gasteiger partial charge in [-0.15, -0.1) is 0 Å². The maximum absolute atomic E-state index is 13.1. The molecule has 2 saturated heterocycles. The lowest BCUT2D eigenvalue weighted by Crippen LogP contribution is -2.47. The molecule has 3 heterocycles. The van der Waals surface area contributed by atoms with Gasteiger partial charge in [-0.3, -0.25) is 19.8 Å². The number of piperidine rings is 2. The zero-order valence-electron chi connectivity index (χ0n) is 31.3. The van der Waals surface area contributed by atoms with E-state index in [-0.39, 0.29) is 39.6 Å². The first-order valence-corrected chi connectivity index (χ1v) is 20.3. The number of aromatic nitrogens is 2. The Labute approximate surface area is 322 Å². The van der Waals surface area contributed by atoms with Crippen LogP contribution in [0.2, 0.25) is 5.02 Å². The molecule has 4 N–H and O–H groups in total. The normalized spacial score (nSPS) is 17.1. The van der Waals surface area contributed by atoms with Crippen LogP contribution < -0.4 is 26.0 Å². The van der Waals surface area contributed by atoms with Gasteiger partial charge in [-0.25, -0.2) is 13.4 Å². The van der Waals surface area contributed by atoms with E-state index in [2.05, 4.69) is 67.3 Å². The van der Waals surface area contributed by atoms with Crippen molar-refractivity contribution in [3.8, 4) is 5.75 Å². The smallest absolute Gasteiger partial charge is 0.249 e. The summed E-state index contributed by atoms with van der Waals surface area (Å²) in [6, 6.07) is 18.6. The summed E-state index contributed by atoms with van der Waals surface area (Å²) in [7, 11) is -3.57. The quantitative estimate of drug-likeness (QED) is 0.1000. The monoisotopic (exact) mass is 773 g/mol. The van der Waals surface area contributed by atoms with Crippen LogP contribution in [-0.2, 0) is 26.0 Å². The van der Waals surface area contributed by atoms with Crippen LogP contribution in [0.5, 0.6) is 5.75 Å². The number of hydrogen-bond acceptors (Lipinski definition) is 11. The van der Waals surface area contributed by atoms with Crippen molar-refractivity contribution in [3.05, 3.63) is 88.6 Å². The molecule has 0 bridgehead atoms. The van der Waals surface area contributed by atoms with E-state index >= 15 is 0 Å². The zero-order valence-corrected chi connectivity index (χ0v) is 32.9. The van der Waals surface area contributed by atoms with Crippen molar-refractivity contribution in [1.82, 2.24) is 20.2 Å².